The molecule has 0 aliphatic rings. The number of amides is 1. The third-order valence-corrected chi connectivity index (χ3v) is 4.06. The van der Waals surface area contributed by atoms with E-state index in [1.54, 1.807) is 36.4 Å². The lowest BCUT2D eigenvalue weighted by molar-refractivity contribution is -0.524. The van der Waals surface area contributed by atoms with E-state index in [1.165, 1.54) is 14.0 Å². The number of nitrogens with zero attached hydrogens (tertiary/aromatic N) is 1. The Hall–Kier alpha value is -2.81. The second kappa shape index (κ2) is 11.8. The molecule has 9 heteroatoms. The van der Waals surface area contributed by atoms with Crippen LogP contribution in [-0.2, 0) is 14.3 Å². The molecule has 0 saturated heterocycles. The molecule has 0 bridgehead atoms. The molecule has 0 aromatic heterocycles. The normalized spacial score (nSPS) is 12.9. The summed E-state index contributed by atoms with van der Waals surface area (Å²) in [6, 6.07) is 5.41. The number of nitrogens with one attached hydrogen (secondary N) is 1. The van der Waals surface area contributed by atoms with Gasteiger partial charge < -0.3 is 14.8 Å². The topological polar surface area (TPSA) is 108 Å². The Kier molecular flexibility index (Phi) is 9.80. The smallest absolute Gasteiger partial charge is 0.340 e. The Balaban J connectivity index is 2.71. The largest absolute Gasteiger partial charge is 0.484 e. The molecule has 1 aromatic carbocycles. The molecule has 0 aliphatic carbocycles. The molecule has 1 N–H and O–H groups in total. The van der Waals surface area contributed by atoms with E-state index < -0.39 is 22.8 Å². The summed E-state index contributed by atoms with van der Waals surface area (Å²) in [6.07, 6.45) is 5.02. The summed E-state index contributed by atoms with van der Waals surface area (Å²) in [5.74, 6) is -0.748. The lowest BCUT2D eigenvalue weighted by atomic mass is 10.1. The monoisotopic (exact) mass is 408 g/mol. The Morgan fingerprint density at radius 2 is 1.96 bits per heavy atom. The molecule has 0 spiro atoms. The molecule has 0 aliphatic heterocycles. The molecule has 1 amide bonds. The van der Waals surface area contributed by atoms with Crippen LogP contribution in [0.15, 0.2) is 47.0 Å². The molecule has 1 rings (SSSR count). The van der Waals surface area contributed by atoms with Gasteiger partial charge in [0.25, 0.3) is 5.91 Å². The first kappa shape index (κ1) is 23.2. The van der Waals surface area contributed by atoms with E-state index >= 15 is 0 Å². The Bertz CT molecular complexity index is 758. The van der Waals surface area contributed by atoms with Crippen molar-refractivity contribution in [1.29, 1.82) is 0 Å². The van der Waals surface area contributed by atoms with Crippen molar-refractivity contribution in [3.8, 4) is 5.75 Å². The lowest BCUT2D eigenvalue weighted by Gasteiger charge is -2.10. The van der Waals surface area contributed by atoms with Crippen molar-refractivity contribution in [2.24, 2.45) is 0 Å². The number of esters is 1. The zero-order valence-electron chi connectivity index (χ0n) is 16.0. The number of carbonyl (C=O) groups is 2. The van der Waals surface area contributed by atoms with Crippen LogP contribution in [0.25, 0.3) is 0 Å². The zero-order valence-corrected chi connectivity index (χ0v) is 16.9. The van der Waals surface area contributed by atoms with E-state index in [9.17, 15) is 19.7 Å². The van der Waals surface area contributed by atoms with Crippen LogP contribution in [-0.4, -0.2) is 30.5 Å². The molecule has 0 heterocycles. The van der Waals surface area contributed by atoms with E-state index in [-0.39, 0.29) is 17.2 Å². The minimum atomic E-state index is -0.827. The summed E-state index contributed by atoms with van der Waals surface area (Å²) >= 11 is 4.17. The SMILES string of the molecule is CCC/C=C/C(C(=O)OC)=C(\S)NC(=O)COc1ccc(C(C)[N+](=O)[O-])cc1. The van der Waals surface area contributed by atoms with Gasteiger partial charge in [-0.3, -0.25) is 14.9 Å². The van der Waals surface area contributed by atoms with Gasteiger partial charge >= 0.3 is 5.97 Å². The fourth-order valence-electron chi connectivity index (χ4n) is 2.07. The zero-order chi connectivity index (χ0) is 21.1. The second-order valence-electron chi connectivity index (χ2n) is 5.81. The predicted octanol–water partition coefficient (Wildman–Crippen LogP) is 3.19. The molecule has 0 radical (unpaired) electrons. The van der Waals surface area contributed by atoms with Crippen molar-refractivity contribution in [1.82, 2.24) is 5.32 Å². The number of nitro groups is 1. The van der Waals surface area contributed by atoms with Gasteiger partial charge in [-0.25, -0.2) is 4.79 Å². The molecule has 1 unspecified atom stereocenters. The van der Waals surface area contributed by atoms with Gasteiger partial charge in [0.15, 0.2) is 6.61 Å². The van der Waals surface area contributed by atoms with Gasteiger partial charge in [0.2, 0.25) is 6.04 Å². The highest BCUT2D eigenvalue weighted by Crippen LogP contribution is 2.19. The Morgan fingerprint density at radius 1 is 1.32 bits per heavy atom. The first-order valence-corrected chi connectivity index (χ1v) is 9.09. The maximum absolute atomic E-state index is 12.1. The molecule has 28 heavy (non-hydrogen) atoms. The average Bonchev–Trinajstić information content (AvgIpc) is 2.68. The van der Waals surface area contributed by atoms with Crippen molar-refractivity contribution in [3.05, 3.63) is 62.7 Å². The van der Waals surface area contributed by atoms with E-state index in [4.69, 9.17) is 9.47 Å². The van der Waals surface area contributed by atoms with Crippen LogP contribution in [0.2, 0.25) is 0 Å². The average molecular weight is 408 g/mol. The summed E-state index contributed by atoms with van der Waals surface area (Å²) in [6.45, 7) is 3.16. The van der Waals surface area contributed by atoms with Crippen LogP contribution in [0, 0.1) is 10.1 Å². The molecule has 8 nitrogen and oxygen atoms in total. The number of benzene rings is 1. The molecular formula is C19H24N2O6S. The van der Waals surface area contributed by atoms with Gasteiger partial charge in [0, 0.05) is 17.4 Å². The number of allylic oxidation sites excluding steroid dienone is 1. The molecule has 1 aromatic rings. The summed E-state index contributed by atoms with van der Waals surface area (Å²) in [7, 11) is 1.24. The molecule has 1 atom stereocenters. The van der Waals surface area contributed by atoms with Gasteiger partial charge in [0.05, 0.1) is 17.7 Å². The van der Waals surface area contributed by atoms with Crippen molar-refractivity contribution in [3.63, 3.8) is 0 Å². The van der Waals surface area contributed by atoms with Crippen LogP contribution < -0.4 is 10.1 Å². The highest BCUT2D eigenvalue weighted by Gasteiger charge is 2.16. The fraction of sp³-hybridized carbons (Fsp3) is 0.368. The molecule has 0 fully saturated rings. The van der Waals surface area contributed by atoms with E-state index in [1.807, 2.05) is 6.92 Å². The number of methoxy groups -OCH3 is 1. The van der Waals surface area contributed by atoms with Crippen LogP contribution >= 0.6 is 12.6 Å². The van der Waals surface area contributed by atoms with Crippen LogP contribution in [0.5, 0.6) is 5.75 Å². The van der Waals surface area contributed by atoms with Gasteiger partial charge in [-0.1, -0.05) is 19.4 Å². The van der Waals surface area contributed by atoms with Crippen molar-refractivity contribution >= 4 is 24.5 Å². The second-order valence-corrected chi connectivity index (χ2v) is 6.26. The predicted molar refractivity (Wildman–Crippen MR) is 108 cm³/mol. The summed E-state index contributed by atoms with van der Waals surface area (Å²) < 4.78 is 10.1. The van der Waals surface area contributed by atoms with Gasteiger partial charge in [-0.2, -0.15) is 0 Å². The number of ether oxygens (including phenoxy) is 2. The summed E-state index contributed by atoms with van der Waals surface area (Å²) in [4.78, 5) is 34.3. The standard InChI is InChI=1S/C19H24N2O6S/c1-4-5-6-7-16(19(23)26-3)18(28)20-17(22)12-27-15-10-8-14(9-11-15)13(2)21(24)25/h6-11,13,28H,4-5,12H2,1-3H3,(H,20,22)/b7-6+,18-16+. The minimum Gasteiger partial charge on any atom is -0.484 e. The number of rotatable bonds is 10. The van der Waals surface area contributed by atoms with Gasteiger partial charge in [-0.15, -0.1) is 12.6 Å². The van der Waals surface area contributed by atoms with Crippen molar-refractivity contribution < 1.29 is 24.0 Å². The van der Waals surface area contributed by atoms with E-state index in [0.29, 0.717) is 11.3 Å². The quantitative estimate of drug-likeness (QED) is 0.154. The van der Waals surface area contributed by atoms with Gasteiger partial charge in [-0.05, 0) is 36.8 Å². The number of carbonyl (C=O) groups excluding carboxylic acids is 2. The van der Waals surface area contributed by atoms with E-state index in [0.717, 1.165) is 12.8 Å². The third kappa shape index (κ3) is 7.43. The first-order valence-electron chi connectivity index (χ1n) is 8.64. The number of hydrogen-bond donors (Lipinski definition) is 2. The molecule has 152 valence electrons. The number of thiol groups is 1. The molecular weight excluding hydrogens is 384 g/mol. The number of hydrogen-bond acceptors (Lipinski definition) is 7. The van der Waals surface area contributed by atoms with Crippen molar-refractivity contribution in [2.75, 3.05) is 13.7 Å². The van der Waals surface area contributed by atoms with Crippen LogP contribution in [0.1, 0.15) is 38.3 Å². The maximum Gasteiger partial charge on any atom is 0.340 e. The lowest BCUT2D eigenvalue weighted by Crippen LogP contribution is -2.28. The van der Waals surface area contributed by atoms with Crippen LogP contribution in [0.3, 0.4) is 0 Å². The van der Waals surface area contributed by atoms with Crippen LogP contribution in [0.4, 0.5) is 0 Å². The third-order valence-electron chi connectivity index (χ3n) is 3.71. The van der Waals surface area contributed by atoms with Gasteiger partial charge in [0.1, 0.15) is 5.75 Å². The summed E-state index contributed by atoms with van der Waals surface area (Å²) in [5.41, 5.74) is 0.662. The fourth-order valence-corrected chi connectivity index (χ4v) is 2.36. The first-order chi connectivity index (χ1) is 13.3. The minimum absolute atomic E-state index is 0.0583. The Labute approximate surface area is 169 Å². The molecule has 0 saturated carbocycles. The van der Waals surface area contributed by atoms with E-state index in [2.05, 4.69) is 17.9 Å². The summed E-state index contributed by atoms with van der Waals surface area (Å²) in [5, 5.41) is 13.3. The highest BCUT2D eigenvalue weighted by atomic mass is 32.1. The van der Waals surface area contributed by atoms with Crippen molar-refractivity contribution in [2.45, 2.75) is 32.7 Å². The Morgan fingerprint density at radius 3 is 2.50 bits per heavy atom. The number of unbranched alkanes of at least 4 members (excludes halogenated alkanes) is 1. The maximum atomic E-state index is 12.1. The highest BCUT2D eigenvalue weighted by molar-refractivity contribution is 7.84.